The largest absolute Gasteiger partial charge is 0.491 e. The number of amides is 1. The van der Waals surface area contributed by atoms with E-state index in [0.29, 0.717) is 23.7 Å². The Bertz CT molecular complexity index is 677. The first kappa shape index (κ1) is 15.1. The molecule has 1 amide bonds. The third-order valence-corrected chi connectivity index (χ3v) is 3.06. The lowest BCUT2D eigenvalue weighted by Gasteiger charge is -2.12. The Balaban J connectivity index is 2.28. The summed E-state index contributed by atoms with van der Waals surface area (Å²) in [4.78, 5) is 12.3. The third-order valence-electron chi connectivity index (χ3n) is 2.76. The summed E-state index contributed by atoms with van der Waals surface area (Å²) in [7, 11) is 0. The van der Waals surface area contributed by atoms with E-state index in [1.54, 1.807) is 25.1 Å². The second kappa shape index (κ2) is 6.45. The number of benzene rings is 2. The Morgan fingerprint density at radius 3 is 2.81 bits per heavy atom. The van der Waals surface area contributed by atoms with Crippen LogP contribution < -0.4 is 15.8 Å². The molecule has 21 heavy (non-hydrogen) atoms. The van der Waals surface area contributed by atoms with Crippen molar-refractivity contribution in [3.8, 4) is 5.75 Å². The molecule has 0 aliphatic rings. The standard InChI is InChI=1S/C15H14ClFN2O2/c1-2-21-14-10(4-3-5-13(14)18)15(20)19-9-6-7-11(16)12(17)8-9/h3-8H,2,18H2,1H3,(H,19,20). The minimum absolute atomic E-state index is 0.00744. The molecule has 0 heterocycles. The molecule has 0 bridgehead atoms. The lowest BCUT2D eigenvalue weighted by atomic mass is 10.1. The lowest BCUT2D eigenvalue weighted by Crippen LogP contribution is -2.14. The molecule has 2 rings (SSSR count). The molecule has 4 nitrogen and oxygen atoms in total. The Labute approximate surface area is 126 Å². The van der Waals surface area contributed by atoms with Crippen molar-refractivity contribution in [3.05, 3.63) is 52.8 Å². The van der Waals surface area contributed by atoms with Crippen LogP contribution in [0.4, 0.5) is 15.8 Å². The molecule has 3 N–H and O–H groups in total. The van der Waals surface area contributed by atoms with E-state index in [9.17, 15) is 9.18 Å². The zero-order valence-corrected chi connectivity index (χ0v) is 12.1. The van der Waals surface area contributed by atoms with Crippen molar-refractivity contribution in [2.24, 2.45) is 0 Å². The molecule has 0 aromatic heterocycles. The topological polar surface area (TPSA) is 64.3 Å². The Kier molecular flexibility index (Phi) is 4.65. The fourth-order valence-electron chi connectivity index (χ4n) is 1.81. The number of nitrogens with two attached hydrogens (primary N) is 1. The van der Waals surface area contributed by atoms with Crippen molar-refractivity contribution in [3.63, 3.8) is 0 Å². The molecule has 0 saturated carbocycles. The minimum Gasteiger partial charge on any atom is -0.491 e. The number of carbonyl (C=O) groups is 1. The van der Waals surface area contributed by atoms with E-state index >= 15 is 0 Å². The highest BCUT2D eigenvalue weighted by atomic mass is 35.5. The summed E-state index contributed by atoms with van der Waals surface area (Å²) in [5, 5.41) is 2.57. The molecule has 0 unspecified atom stereocenters. The van der Waals surface area contributed by atoms with Crippen molar-refractivity contribution in [1.82, 2.24) is 0 Å². The van der Waals surface area contributed by atoms with Gasteiger partial charge in [0.05, 0.1) is 22.9 Å². The van der Waals surface area contributed by atoms with Gasteiger partial charge in [-0.2, -0.15) is 0 Å². The van der Waals surface area contributed by atoms with Crippen LogP contribution in [0.25, 0.3) is 0 Å². The van der Waals surface area contributed by atoms with Crippen molar-refractivity contribution >= 4 is 28.9 Å². The molecular weight excluding hydrogens is 295 g/mol. The predicted molar refractivity (Wildman–Crippen MR) is 81.4 cm³/mol. The van der Waals surface area contributed by atoms with Crippen LogP contribution >= 0.6 is 11.6 Å². The molecule has 0 atom stereocenters. The van der Waals surface area contributed by atoms with Gasteiger partial charge >= 0.3 is 0 Å². The highest BCUT2D eigenvalue weighted by molar-refractivity contribution is 6.30. The second-order valence-electron chi connectivity index (χ2n) is 4.24. The zero-order chi connectivity index (χ0) is 15.4. The number of anilines is 2. The van der Waals surface area contributed by atoms with Crippen molar-refractivity contribution < 1.29 is 13.9 Å². The molecule has 2 aromatic carbocycles. The zero-order valence-electron chi connectivity index (χ0n) is 11.3. The number of carbonyl (C=O) groups excluding carboxylic acids is 1. The molecule has 0 aliphatic carbocycles. The number of ether oxygens (including phenoxy) is 1. The van der Waals surface area contributed by atoms with Gasteiger partial charge in [0.1, 0.15) is 5.82 Å². The van der Waals surface area contributed by atoms with Crippen LogP contribution in [-0.4, -0.2) is 12.5 Å². The number of rotatable bonds is 4. The van der Waals surface area contributed by atoms with Crippen molar-refractivity contribution in [2.45, 2.75) is 6.92 Å². The van der Waals surface area contributed by atoms with Gasteiger partial charge in [-0.25, -0.2) is 4.39 Å². The minimum atomic E-state index is -0.605. The summed E-state index contributed by atoms with van der Waals surface area (Å²) in [5.74, 6) is -0.730. The molecule has 0 spiro atoms. The number of nitrogen functional groups attached to an aromatic ring is 1. The quantitative estimate of drug-likeness (QED) is 0.846. The first-order chi connectivity index (χ1) is 10.0. The number of hydrogen-bond acceptors (Lipinski definition) is 3. The van der Waals surface area contributed by atoms with Gasteiger partial charge in [-0.05, 0) is 37.3 Å². The van der Waals surface area contributed by atoms with E-state index in [4.69, 9.17) is 22.1 Å². The SMILES string of the molecule is CCOc1c(N)cccc1C(=O)Nc1ccc(Cl)c(F)c1. The van der Waals surface area contributed by atoms with E-state index in [1.807, 2.05) is 0 Å². The van der Waals surface area contributed by atoms with Crippen LogP contribution in [0.5, 0.6) is 5.75 Å². The number of halogens is 2. The number of hydrogen-bond donors (Lipinski definition) is 2. The van der Waals surface area contributed by atoms with Gasteiger partial charge in [0, 0.05) is 5.69 Å². The van der Waals surface area contributed by atoms with E-state index in [0.717, 1.165) is 6.07 Å². The summed E-state index contributed by atoms with van der Waals surface area (Å²) in [6.07, 6.45) is 0. The summed E-state index contributed by atoms with van der Waals surface area (Å²) in [5.41, 5.74) is 6.75. The van der Waals surface area contributed by atoms with Crippen LogP contribution in [-0.2, 0) is 0 Å². The van der Waals surface area contributed by atoms with Crippen LogP contribution in [0, 0.1) is 5.82 Å². The van der Waals surface area contributed by atoms with E-state index in [2.05, 4.69) is 5.32 Å². The maximum absolute atomic E-state index is 13.4. The highest BCUT2D eigenvalue weighted by Gasteiger charge is 2.15. The average molecular weight is 309 g/mol. The van der Waals surface area contributed by atoms with Gasteiger partial charge in [-0.3, -0.25) is 4.79 Å². The first-order valence-electron chi connectivity index (χ1n) is 6.30. The fraction of sp³-hybridized carbons (Fsp3) is 0.133. The van der Waals surface area contributed by atoms with Crippen LogP contribution in [0.1, 0.15) is 17.3 Å². The summed E-state index contributed by atoms with van der Waals surface area (Å²) in [6, 6.07) is 8.90. The maximum Gasteiger partial charge on any atom is 0.259 e. The first-order valence-corrected chi connectivity index (χ1v) is 6.68. The summed E-state index contributed by atoms with van der Waals surface area (Å²) >= 11 is 5.60. The van der Waals surface area contributed by atoms with E-state index < -0.39 is 11.7 Å². The van der Waals surface area contributed by atoms with Crippen molar-refractivity contribution in [1.29, 1.82) is 0 Å². The van der Waals surface area contributed by atoms with Gasteiger partial charge < -0.3 is 15.8 Å². The highest BCUT2D eigenvalue weighted by Crippen LogP contribution is 2.27. The van der Waals surface area contributed by atoms with Crippen LogP contribution in [0.2, 0.25) is 5.02 Å². The van der Waals surface area contributed by atoms with Crippen LogP contribution in [0.15, 0.2) is 36.4 Å². The number of nitrogens with one attached hydrogen (secondary N) is 1. The van der Waals surface area contributed by atoms with Gasteiger partial charge in [0.15, 0.2) is 5.75 Å². The number of para-hydroxylation sites is 1. The predicted octanol–water partition coefficient (Wildman–Crippen LogP) is 3.71. The molecule has 110 valence electrons. The Morgan fingerprint density at radius 1 is 1.38 bits per heavy atom. The molecule has 0 radical (unpaired) electrons. The average Bonchev–Trinajstić information content (AvgIpc) is 2.45. The lowest BCUT2D eigenvalue weighted by molar-refractivity contribution is 0.102. The third kappa shape index (κ3) is 3.44. The molecular formula is C15H14ClFN2O2. The van der Waals surface area contributed by atoms with E-state index in [1.165, 1.54) is 12.1 Å². The fourth-order valence-corrected chi connectivity index (χ4v) is 1.93. The molecule has 6 heteroatoms. The Morgan fingerprint density at radius 2 is 2.14 bits per heavy atom. The normalized spacial score (nSPS) is 10.2. The Hall–Kier alpha value is -2.27. The van der Waals surface area contributed by atoms with E-state index in [-0.39, 0.29) is 10.6 Å². The van der Waals surface area contributed by atoms with Gasteiger partial charge in [-0.15, -0.1) is 0 Å². The smallest absolute Gasteiger partial charge is 0.259 e. The molecule has 2 aromatic rings. The van der Waals surface area contributed by atoms with Crippen molar-refractivity contribution in [2.75, 3.05) is 17.7 Å². The van der Waals surface area contributed by atoms with Gasteiger partial charge in [-0.1, -0.05) is 17.7 Å². The second-order valence-corrected chi connectivity index (χ2v) is 4.65. The monoisotopic (exact) mass is 308 g/mol. The molecule has 0 aliphatic heterocycles. The summed E-state index contributed by atoms with van der Waals surface area (Å²) < 4.78 is 18.8. The summed E-state index contributed by atoms with van der Waals surface area (Å²) in [6.45, 7) is 2.17. The molecule has 0 fully saturated rings. The maximum atomic E-state index is 13.4. The van der Waals surface area contributed by atoms with Gasteiger partial charge in [0.25, 0.3) is 5.91 Å². The molecule has 0 saturated heterocycles. The van der Waals surface area contributed by atoms with Gasteiger partial charge in [0.2, 0.25) is 0 Å². The van der Waals surface area contributed by atoms with Crippen LogP contribution in [0.3, 0.4) is 0 Å².